The number of rotatable bonds is 1. The van der Waals surface area contributed by atoms with Crippen molar-refractivity contribution >= 4 is 40.4 Å². The van der Waals surface area contributed by atoms with Gasteiger partial charge >= 0.3 is 0 Å². The molecule has 2 aliphatic heterocycles. The Bertz CT molecular complexity index is 433. The zero-order valence-electron chi connectivity index (χ0n) is 9.23. The minimum absolute atomic E-state index is 0.137. The largest absolute Gasteiger partial charge is 0.332 e. The van der Waals surface area contributed by atoms with E-state index in [1.54, 1.807) is 6.07 Å². The van der Waals surface area contributed by atoms with Crippen LogP contribution in [0.5, 0.6) is 0 Å². The quantitative estimate of drug-likeness (QED) is 0.721. The summed E-state index contributed by atoms with van der Waals surface area (Å²) in [5, 5.41) is 0.239. The Labute approximate surface area is 115 Å². The lowest BCUT2D eigenvalue weighted by Gasteiger charge is -2.36. The summed E-state index contributed by atoms with van der Waals surface area (Å²) in [6.07, 6.45) is 4.06. The number of carbonyl (C=O) groups excluding carboxylic acids is 1. The van der Waals surface area contributed by atoms with Crippen molar-refractivity contribution < 1.29 is 4.79 Å². The summed E-state index contributed by atoms with van der Waals surface area (Å²) in [5.74, 6) is 0.137. The van der Waals surface area contributed by atoms with Crippen LogP contribution in [0.4, 0.5) is 0 Å². The van der Waals surface area contributed by atoms with Crippen LogP contribution in [-0.4, -0.2) is 28.3 Å². The van der Waals surface area contributed by atoms with Crippen molar-refractivity contribution in [1.29, 1.82) is 0 Å². The Kier molecular flexibility index (Phi) is 3.09. The van der Waals surface area contributed by atoms with Crippen molar-refractivity contribution in [3.8, 4) is 0 Å². The number of nitrogens with zero attached hydrogens (tertiary/aromatic N) is 1. The average Bonchev–Trinajstić information content (AvgIpc) is 2.81. The Balaban J connectivity index is 1.83. The molecule has 2 saturated heterocycles. The molecule has 0 aliphatic carbocycles. The normalized spacial score (nSPS) is 31.9. The highest BCUT2D eigenvalue weighted by molar-refractivity contribution is 7.17. The summed E-state index contributed by atoms with van der Waals surface area (Å²) in [5.41, 5.74) is 0. The molecule has 2 unspecified atom stereocenters. The third kappa shape index (κ3) is 2.09. The van der Waals surface area contributed by atoms with Gasteiger partial charge in [0.15, 0.2) is 0 Å². The molecule has 2 aliphatic rings. The van der Waals surface area contributed by atoms with Crippen molar-refractivity contribution in [3.05, 3.63) is 21.3 Å². The van der Waals surface area contributed by atoms with Crippen molar-refractivity contribution in [3.63, 3.8) is 0 Å². The number of alkyl halides is 1. The lowest BCUT2D eigenvalue weighted by Crippen LogP contribution is -2.46. The van der Waals surface area contributed by atoms with Crippen LogP contribution in [0.3, 0.4) is 0 Å². The van der Waals surface area contributed by atoms with Crippen LogP contribution in [0.2, 0.25) is 4.34 Å². The summed E-state index contributed by atoms with van der Waals surface area (Å²) in [6, 6.07) is 4.28. The van der Waals surface area contributed by atoms with E-state index in [9.17, 15) is 4.79 Å². The van der Waals surface area contributed by atoms with Gasteiger partial charge in [-0.3, -0.25) is 4.79 Å². The molecule has 2 nitrogen and oxygen atoms in total. The van der Waals surface area contributed by atoms with Gasteiger partial charge in [0, 0.05) is 17.5 Å². The smallest absolute Gasteiger partial charge is 0.264 e. The maximum atomic E-state index is 12.4. The highest BCUT2D eigenvalue weighted by Gasteiger charge is 2.43. The molecule has 5 heteroatoms. The number of amides is 1. The molecular formula is C12H13Cl2NOS. The molecule has 2 fully saturated rings. The molecule has 1 amide bonds. The van der Waals surface area contributed by atoms with Crippen LogP contribution < -0.4 is 0 Å². The summed E-state index contributed by atoms with van der Waals surface area (Å²) >= 11 is 13.5. The predicted octanol–water partition coefficient (Wildman–Crippen LogP) is 3.78. The first kappa shape index (κ1) is 11.8. The van der Waals surface area contributed by atoms with Gasteiger partial charge < -0.3 is 4.90 Å². The third-order valence-electron chi connectivity index (χ3n) is 3.69. The molecule has 0 saturated carbocycles. The lowest BCUT2D eigenvalue weighted by molar-refractivity contribution is 0.0604. The topological polar surface area (TPSA) is 20.3 Å². The number of fused-ring (bicyclic) bond motifs is 2. The molecule has 3 heterocycles. The molecule has 0 spiro atoms. The molecule has 0 aromatic carbocycles. The fourth-order valence-corrected chi connectivity index (χ4v) is 4.40. The third-order valence-corrected chi connectivity index (χ3v) is 5.27. The van der Waals surface area contributed by atoms with Gasteiger partial charge in [-0.05, 0) is 37.8 Å². The van der Waals surface area contributed by atoms with Crippen LogP contribution in [-0.2, 0) is 0 Å². The van der Waals surface area contributed by atoms with E-state index in [1.165, 1.54) is 11.3 Å². The van der Waals surface area contributed by atoms with Crippen LogP contribution in [0.1, 0.15) is 35.4 Å². The number of thiophene rings is 1. The van der Waals surface area contributed by atoms with Gasteiger partial charge in [0.1, 0.15) is 0 Å². The first-order valence-corrected chi connectivity index (χ1v) is 7.50. The van der Waals surface area contributed by atoms with Gasteiger partial charge in [-0.1, -0.05) is 11.6 Å². The minimum Gasteiger partial charge on any atom is -0.332 e. The minimum atomic E-state index is 0.137. The number of halogens is 2. The maximum absolute atomic E-state index is 12.4. The van der Waals surface area contributed by atoms with E-state index in [2.05, 4.69) is 0 Å². The average molecular weight is 290 g/mol. The first-order valence-electron chi connectivity index (χ1n) is 5.87. The van der Waals surface area contributed by atoms with Crippen LogP contribution in [0.25, 0.3) is 0 Å². The van der Waals surface area contributed by atoms with Crippen molar-refractivity contribution in [2.24, 2.45) is 0 Å². The van der Waals surface area contributed by atoms with E-state index in [0.717, 1.165) is 30.6 Å². The van der Waals surface area contributed by atoms with Crippen LogP contribution in [0, 0.1) is 0 Å². The second-order valence-electron chi connectivity index (χ2n) is 4.77. The molecule has 3 rings (SSSR count). The van der Waals surface area contributed by atoms with E-state index < -0.39 is 0 Å². The molecule has 1 aromatic rings. The summed E-state index contributed by atoms with van der Waals surface area (Å²) in [4.78, 5) is 15.2. The highest BCUT2D eigenvalue weighted by Crippen LogP contribution is 2.39. The van der Waals surface area contributed by atoms with Gasteiger partial charge in [-0.2, -0.15) is 0 Å². The van der Waals surface area contributed by atoms with Crippen molar-refractivity contribution in [2.75, 3.05) is 0 Å². The summed E-state index contributed by atoms with van der Waals surface area (Å²) < 4.78 is 0.674. The molecule has 17 heavy (non-hydrogen) atoms. The summed E-state index contributed by atoms with van der Waals surface area (Å²) in [7, 11) is 0. The zero-order valence-corrected chi connectivity index (χ0v) is 11.6. The molecule has 0 radical (unpaired) electrons. The Morgan fingerprint density at radius 3 is 2.47 bits per heavy atom. The Hall–Kier alpha value is -0.250. The van der Waals surface area contributed by atoms with E-state index in [-0.39, 0.29) is 11.3 Å². The highest BCUT2D eigenvalue weighted by atomic mass is 35.5. The van der Waals surface area contributed by atoms with E-state index in [4.69, 9.17) is 23.2 Å². The number of hydrogen-bond donors (Lipinski definition) is 0. The van der Waals surface area contributed by atoms with E-state index >= 15 is 0 Å². The zero-order chi connectivity index (χ0) is 12.0. The fraction of sp³-hybridized carbons (Fsp3) is 0.583. The van der Waals surface area contributed by atoms with Crippen LogP contribution in [0.15, 0.2) is 12.1 Å². The maximum Gasteiger partial charge on any atom is 0.264 e. The molecule has 1 aromatic heterocycles. The Morgan fingerprint density at radius 2 is 1.94 bits per heavy atom. The molecule has 92 valence electrons. The molecular weight excluding hydrogens is 277 g/mol. The fourth-order valence-electron chi connectivity index (χ4n) is 3.00. The SMILES string of the molecule is O=C(c1ccc(Cl)s1)N1C2CCC1CC(Cl)C2. The number of carbonyl (C=O) groups is 1. The number of hydrogen-bond acceptors (Lipinski definition) is 2. The van der Waals surface area contributed by atoms with Gasteiger partial charge in [-0.25, -0.2) is 0 Å². The van der Waals surface area contributed by atoms with E-state index in [0.29, 0.717) is 16.4 Å². The van der Waals surface area contributed by atoms with Crippen LogP contribution >= 0.6 is 34.5 Å². The van der Waals surface area contributed by atoms with Gasteiger partial charge in [0.2, 0.25) is 0 Å². The summed E-state index contributed by atoms with van der Waals surface area (Å²) in [6.45, 7) is 0. The van der Waals surface area contributed by atoms with Gasteiger partial charge in [-0.15, -0.1) is 22.9 Å². The molecule has 0 N–H and O–H groups in total. The molecule has 2 bridgehead atoms. The second kappa shape index (κ2) is 4.45. The van der Waals surface area contributed by atoms with Gasteiger partial charge in [0.05, 0.1) is 9.21 Å². The second-order valence-corrected chi connectivity index (χ2v) is 7.10. The first-order chi connectivity index (χ1) is 8.15. The van der Waals surface area contributed by atoms with E-state index in [1.807, 2.05) is 11.0 Å². The molecule has 2 atom stereocenters. The number of piperidine rings is 1. The Morgan fingerprint density at radius 1 is 1.29 bits per heavy atom. The lowest BCUT2D eigenvalue weighted by atomic mass is 10.0. The van der Waals surface area contributed by atoms with Crippen molar-refractivity contribution in [1.82, 2.24) is 4.90 Å². The predicted molar refractivity (Wildman–Crippen MR) is 71.2 cm³/mol. The van der Waals surface area contributed by atoms with Gasteiger partial charge in [0.25, 0.3) is 5.91 Å². The monoisotopic (exact) mass is 289 g/mol. The standard InChI is InChI=1S/C12H13Cl2NOS/c13-7-5-8-1-2-9(6-7)15(8)12(16)10-3-4-11(14)17-10/h3-4,7-9H,1-2,5-6H2. The van der Waals surface area contributed by atoms with Crippen molar-refractivity contribution in [2.45, 2.75) is 43.1 Å².